The number of ether oxygens (including phenoxy) is 1. The van der Waals surface area contributed by atoms with Gasteiger partial charge < -0.3 is 15.1 Å². The zero-order chi connectivity index (χ0) is 21.5. The number of nitrogens with zero attached hydrogens (tertiary/aromatic N) is 5. The van der Waals surface area contributed by atoms with E-state index in [0.29, 0.717) is 5.82 Å². The molecule has 9 heteroatoms. The summed E-state index contributed by atoms with van der Waals surface area (Å²) in [6, 6.07) is 10.7. The highest BCUT2D eigenvalue weighted by Crippen LogP contribution is 2.42. The van der Waals surface area contributed by atoms with E-state index in [1.165, 1.54) is 16.7 Å². The molecule has 0 saturated carbocycles. The molecule has 164 valence electrons. The molecule has 2 aliphatic rings. The van der Waals surface area contributed by atoms with Crippen molar-refractivity contribution in [3.05, 3.63) is 53.3 Å². The van der Waals surface area contributed by atoms with Crippen LogP contribution in [0.3, 0.4) is 0 Å². The Morgan fingerprint density at radius 2 is 1.91 bits per heavy atom. The molecule has 0 aliphatic carbocycles. The second-order valence-electron chi connectivity index (χ2n) is 8.26. The number of hydrazine groups is 1. The molecule has 6 rings (SSSR count). The standard InChI is InChI=1S/C23H25N7OS/c24-28-21-20-19(25-14-26-21)18-16-6-7-29(12-15-4-2-1-3-5-15)13-17(16)22(27-23(18)32-20)30-8-10-31-11-9-30/h1-5,14H,6-13,24H2,(H,25,26,28). The van der Waals surface area contributed by atoms with E-state index in [-0.39, 0.29) is 0 Å². The van der Waals surface area contributed by atoms with Gasteiger partial charge in [-0.3, -0.25) is 4.90 Å². The van der Waals surface area contributed by atoms with Gasteiger partial charge in [0.1, 0.15) is 17.0 Å². The fourth-order valence-electron chi connectivity index (χ4n) is 4.83. The van der Waals surface area contributed by atoms with Gasteiger partial charge in [0.2, 0.25) is 0 Å². The summed E-state index contributed by atoms with van der Waals surface area (Å²) in [4.78, 5) is 20.0. The van der Waals surface area contributed by atoms with E-state index in [2.05, 4.69) is 55.5 Å². The maximum absolute atomic E-state index is 5.73. The number of hydrogen-bond donors (Lipinski definition) is 2. The molecule has 3 aromatic heterocycles. The van der Waals surface area contributed by atoms with Crippen LogP contribution < -0.4 is 16.2 Å². The van der Waals surface area contributed by atoms with Gasteiger partial charge in [-0.15, -0.1) is 11.3 Å². The Bertz CT molecular complexity index is 1270. The molecule has 0 spiro atoms. The smallest absolute Gasteiger partial charge is 0.161 e. The van der Waals surface area contributed by atoms with Crippen LogP contribution in [0.5, 0.6) is 0 Å². The number of morpholine rings is 1. The predicted octanol–water partition coefficient (Wildman–Crippen LogP) is 2.92. The maximum atomic E-state index is 5.73. The lowest BCUT2D eigenvalue weighted by atomic mass is 9.96. The Morgan fingerprint density at radius 3 is 2.72 bits per heavy atom. The van der Waals surface area contributed by atoms with Gasteiger partial charge in [0.25, 0.3) is 0 Å². The Labute approximate surface area is 190 Å². The quantitative estimate of drug-likeness (QED) is 0.364. The number of fused-ring (bicyclic) bond motifs is 5. The van der Waals surface area contributed by atoms with Crippen molar-refractivity contribution in [3.8, 4) is 0 Å². The van der Waals surface area contributed by atoms with Crippen LogP contribution in [0.25, 0.3) is 20.4 Å². The summed E-state index contributed by atoms with van der Waals surface area (Å²) >= 11 is 1.62. The van der Waals surface area contributed by atoms with E-state index in [1.54, 1.807) is 17.7 Å². The van der Waals surface area contributed by atoms with Gasteiger partial charge in [-0.25, -0.2) is 20.8 Å². The topological polar surface area (TPSA) is 92.4 Å². The molecule has 4 aromatic rings. The van der Waals surface area contributed by atoms with E-state index in [0.717, 1.165) is 78.6 Å². The minimum absolute atomic E-state index is 0.654. The van der Waals surface area contributed by atoms with Gasteiger partial charge in [0, 0.05) is 43.7 Å². The second-order valence-corrected chi connectivity index (χ2v) is 9.26. The first-order valence-electron chi connectivity index (χ1n) is 11.0. The molecule has 1 fully saturated rings. The number of aromatic nitrogens is 3. The van der Waals surface area contributed by atoms with Crippen LogP contribution in [0.4, 0.5) is 11.6 Å². The van der Waals surface area contributed by atoms with Crippen LogP contribution in [0.15, 0.2) is 36.7 Å². The number of pyridine rings is 1. The van der Waals surface area contributed by atoms with Crippen molar-refractivity contribution in [1.29, 1.82) is 0 Å². The highest BCUT2D eigenvalue weighted by Gasteiger charge is 2.28. The Hall–Kier alpha value is -2.85. The van der Waals surface area contributed by atoms with Gasteiger partial charge in [-0.2, -0.15) is 0 Å². The average Bonchev–Trinajstić information content (AvgIpc) is 3.23. The van der Waals surface area contributed by atoms with Crippen molar-refractivity contribution in [1.82, 2.24) is 19.9 Å². The fraction of sp³-hybridized carbons (Fsp3) is 0.348. The van der Waals surface area contributed by atoms with Gasteiger partial charge >= 0.3 is 0 Å². The normalized spacial score (nSPS) is 17.1. The molecule has 0 atom stereocenters. The molecule has 2 aliphatic heterocycles. The first-order valence-corrected chi connectivity index (χ1v) is 11.8. The second kappa shape index (κ2) is 8.25. The van der Waals surface area contributed by atoms with Crippen LogP contribution in [0.2, 0.25) is 0 Å². The third kappa shape index (κ3) is 3.38. The molecule has 0 radical (unpaired) electrons. The van der Waals surface area contributed by atoms with Crippen LogP contribution >= 0.6 is 11.3 Å². The molecule has 8 nitrogen and oxygen atoms in total. The molecular weight excluding hydrogens is 422 g/mol. The Morgan fingerprint density at radius 1 is 1.06 bits per heavy atom. The first-order chi connectivity index (χ1) is 15.8. The minimum Gasteiger partial charge on any atom is -0.378 e. The van der Waals surface area contributed by atoms with Gasteiger partial charge in [0.15, 0.2) is 5.82 Å². The highest BCUT2D eigenvalue weighted by molar-refractivity contribution is 7.26. The van der Waals surface area contributed by atoms with Crippen molar-refractivity contribution < 1.29 is 4.74 Å². The molecule has 3 N–H and O–H groups in total. The fourth-order valence-corrected chi connectivity index (χ4v) is 5.94. The SMILES string of the molecule is NNc1ncnc2c1sc1nc(N3CCOCC3)c3c(c12)CCN(Cc1ccccc1)C3. The van der Waals surface area contributed by atoms with Crippen molar-refractivity contribution >= 4 is 43.4 Å². The third-order valence-corrected chi connectivity index (χ3v) is 7.43. The van der Waals surface area contributed by atoms with Crippen molar-refractivity contribution in [3.63, 3.8) is 0 Å². The monoisotopic (exact) mass is 447 g/mol. The largest absolute Gasteiger partial charge is 0.378 e. The molecule has 0 unspecified atom stereocenters. The molecule has 0 amide bonds. The lowest BCUT2D eigenvalue weighted by Gasteiger charge is -2.35. The number of nitrogens with two attached hydrogens (primary N) is 1. The molecule has 32 heavy (non-hydrogen) atoms. The number of nitrogen functional groups attached to an aromatic ring is 1. The summed E-state index contributed by atoms with van der Waals surface area (Å²) < 4.78 is 6.58. The number of benzene rings is 1. The third-order valence-electron chi connectivity index (χ3n) is 6.35. The minimum atomic E-state index is 0.654. The molecule has 0 bridgehead atoms. The summed E-state index contributed by atoms with van der Waals surface area (Å²) in [6.45, 7) is 6.03. The Kier molecular flexibility index (Phi) is 5.11. The van der Waals surface area contributed by atoms with Crippen LogP contribution in [-0.2, 0) is 24.2 Å². The lowest BCUT2D eigenvalue weighted by molar-refractivity contribution is 0.122. The van der Waals surface area contributed by atoms with Gasteiger partial charge in [-0.1, -0.05) is 30.3 Å². The first kappa shape index (κ1) is 19.8. The zero-order valence-corrected chi connectivity index (χ0v) is 18.6. The molecule has 1 aromatic carbocycles. The molecule has 5 heterocycles. The number of rotatable bonds is 4. The number of anilines is 2. The van der Waals surface area contributed by atoms with Crippen molar-refractivity contribution in [2.24, 2.45) is 5.84 Å². The van der Waals surface area contributed by atoms with Gasteiger partial charge in [0.05, 0.1) is 23.4 Å². The van der Waals surface area contributed by atoms with Crippen LogP contribution in [0, 0.1) is 0 Å². The van der Waals surface area contributed by atoms with E-state index in [1.807, 2.05) is 0 Å². The summed E-state index contributed by atoms with van der Waals surface area (Å²) in [6.07, 6.45) is 2.55. The summed E-state index contributed by atoms with van der Waals surface area (Å²) in [5.41, 5.74) is 7.69. The zero-order valence-electron chi connectivity index (χ0n) is 17.8. The summed E-state index contributed by atoms with van der Waals surface area (Å²) in [7, 11) is 0. The lowest BCUT2D eigenvalue weighted by Crippen LogP contribution is -2.39. The Balaban J connectivity index is 1.49. The number of nitrogens with one attached hydrogen (secondary N) is 1. The predicted molar refractivity (Wildman–Crippen MR) is 128 cm³/mol. The van der Waals surface area contributed by atoms with E-state index in [9.17, 15) is 0 Å². The van der Waals surface area contributed by atoms with Crippen molar-refractivity contribution in [2.75, 3.05) is 43.2 Å². The molecule has 1 saturated heterocycles. The number of thiophene rings is 1. The van der Waals surface area contributed by atoms with E-state index in [4.69, 9.17) is 15.6 Å². The van der Waals surface area contributed by atoms with Crippen molar-refractivity contribution in [2.45, 2.75) is 19.5 Å². The van der Waals surface area contributed by atoms with Gasteiger partial charge in [-0.05, 0) is 17.5 Å². The average molecular weight is 448 g/mol. The summed E-state index contributed by atoms with van der Waals surface area (Å²) in [5.74, 6) is 7.48. The number of hydrogen-bond acceptors (Lipinski definition) is 9. The van der Waals surface area contributed by atoms with E-state index < -0.39 is 0 Å². The summed E-state index contributed by atoms with van der Waals surface area (Å²) in [5, 5.41) is 1.16. The van der Waals surface area contributed by atoms with Crippen LogP contribution in [-0.4, -0.2) is 52.7 Å². The highest BCUT2D eigenvalue weighted by atomic mass is 32.1. The van der Waals surface area contributed by atoms with E-state index >= 15 is 0 Å². The molecular formula is C23H25N7OS. The van der Waals surface area contributed by atoms with Crippen LogP contribution in [0.1, 0.15) is 16.7 Å². The maximum Gasteiger partial charge on any atom is 0.161 e.